The minimum Gasteiger partial charge on any atom is -0.308 e. The van der Waals surface area contributed by atoms with Gasteiger partial charge in [0.15, 0.2) is 0 Å². The molecule has 0 saturated heterocycles. The fraction of sp³-hybridized carbons (Fsp3) is 0.127. The molecule has 7 heteroatoms. The topological polar surface area (TPSA) is 57.4 Å². The highest BCUT2D eigenvalue weighted by Crippen LogP contribution is 2.47. The van der Waals surface area contributed by atoms with E-state index < -0.39 is 11.7 Å². The summed E-state index contributed by atoms with van der Waals surface area (Å²) in [6.07, 6.45) is -4.72. The average Bonchev–Trinajstić information content (AvgIpc) is 4.05. The van der Waals surface area contributed by atoms with Gasteiger partial charge in [-0.25, -0.2) is 0 Å². The number of nitriles is 2. The summed E-state index contributed by atoms with van der Waals surface area (Å²) in [4.78, 5) is 0. The number of aryl methyl sites for hydroxylation is 8. The molecular weight excluding hydrogens is 966 g/mol. The van der Waals surface area contributed by atoms with Gasteiger partial charge in [-0.2, -0.15) is 23.7 Å². The molecule has 0 N–H and O–H groups in total. The van der Waals surface area contributed by atoms with Crippen LogP contribution in [0.3, 0.4) is 0 Å². The van der Waals surface area contributed by atoms with Crippen LogP contribution in [0.4, 0.5) is 13.2 Å². The van der Waals surface area contributed by atoms with E-state index in [-0.39, 0.29) is 11.1 Å². The summed E-state index contributed by atoms with van der Waals surface area (Å²) in [6, 6.07) is 63.3. The summed E-state index contributed by atoms with van der Waals surface area (Å²) < 4.78 is 48.7. The van der Waals surface area contributed by atoms with Crippen LogP contribution in [0.1, 0.15) is 61.2 Å². The maximum Gasteiger partial charge on any atom is 0.416 e. The van der Waals surface area contributed by atoms with Crippen molar-refractivity contribution >= 4 is 43.6 Å². The number of nitrogens with zero attached hydrogens (tertiary/aromatic N) is 4. The van der Waals surface area contributed by atoms with E-state index >= 15 is 0 Å². The van der Waals surface area contributed by atoms with Crippen LogP contribution in [-0.4, -0.2) is 9.13 Å². The second kappa shape index (κ2) is 18.7. The molecule has 10 aromatic carbocycles. The van der Waals surface area contributed by atoms with E-state index in [0.717, 1.165) is 145 Å². The molecule has 0 atom stereocenters. The predicted octanol–water partition coefficient (Wildman–Crippen LogP) is 19.4. The number of benzene rings is 10. The van der Waals surface area contributed by atoms with Gasteiger partial charge < -0.3 is 9.13 Å². The summed E-state index contributed by atoms with van der Waals surface area (Å²) in [5, 5.41) is 26.3. The Morgan fingerprint density at radius 1 is 0.346 bits per heavy atom. The van der Waals surface area contributed by atoms with E-state index in [0.29, 0.717) is 22.5 Å². The maximum atomic E-state index is 14.8. The first-order valence-electron chi connectivity index (χ1n) is 26.2. The number of hydrogen-bond donors (Lipinski definition) is 0. The molecule has 2 aromatic heterocycles. The Morgan fingerprint density at radius 3 is 0.949 bits per heavy atom. The van der Waals surface area contributed by atoms with E-state index in [4.69, 9.17) is 0 Å². The van der Waals surface area contributed by atoms with Crippen LogP contribution in [-0.2, 0) is 6.18 Å². The van der Waals surface area contributed by atoms with Gasteiger partial charge >= 0.3 is 6.18 Å². The van der Waals surface area contributed by atoms with Crippen LogP contribution in [0, 0.1) is 78.1 Å². The molecule has 12 aromatic rings. The van der Waals surface area contributed by atoms with Crippen LogP contribution in [0.15, 0.2) is 176 Å². The Morgan fingerprint density at radius 2 is 0.667 bits per heavy atom. The Kier molecular flexibility index (Phi) is 11.8. The van der Waals surface area contributed by atoms with Crippen LogP contribution < -0.4 is 0 Å². The van der Waals surface area contributed by atoms with Gasteiger partial charge in [-0.05, 0) is 171 Å². The zero-order chi connectivity index (χ0) is 54.5. The van der Waals surface area contributed by atoms with Gasteiger partial charge in [0.25, 0.3) is 0 Å². The Balaban J connectivity index is 1.28. The van der Waals surface area contributed by atoms with Crippen molar-refractivity contribution < 1.29 is 13.2 Å². The molecule has 12 rings (SSSR count). The zero-order valence-corrected chi connectivity index (χ0v) is 44.7. The molecule has 4 nitrogen and oxygen atoms in total. The van der Waals surface area contributed by atoms with E-state index in [1.807, 2.05) is 12.1 Å². The summed E-state index contributed by atoms with van der Waals surface area (Å²) in [6.45, 7) is 16.7. The Labute approximate surface area is 452 Å². The highest BCUT2D eigenvalue weighted by molar-refractivity contribution is 6.14. The standard InChI is InChI=1S/C71H53F3N4/c1-40-9-18-55(44(5)27-40)49-13-22-60-61-23-14-50(56-19-10-41(2)28-45(56)6)35-65(61)77(64(60)34-49)68-31-48(38-75)32-69(70(68)59-26-17-54(71(72,73)74)33-53(59)39-76)78-66-36-51(57-20-11-42(3)29-46(57)7)15-24-62(66)63-25-16-52(37-67(63)78)58-21-12-43(4)30-47(58)8/h9-37H,1-8H3. The molecule has 0 amide bonds. The van der Waals surface area contributed by atoms with Gasteiger partial charge in [0, 0.05) is 32.7 Å². The van der Waals surface area contributed by atoms with Crippen LogP contribution in [0.25, 0.3) is 111 Å². The van der Waals surface area contributed by atoms with Gasteiger partial charge in [0.1, 0.15) is 0 Å². The van der Waals surface area contributed by atoms with Crippen molar-refractivity contribution in [1.29, 1.82) is 10.5 Å². The number of halogens is 3. The van der Waals surface area contributed by atoms with E-state index in [2.05, 4.69) is 222 Å². The number of hydrogen-bond acceptors (Lipinski definition) is 2. The molecule has 0 fully saturated rings. The van der Waals surface area contributed by atoms with Crippen molar-refractivity contribution in [2.45, 2.75) is 61.6 Å². The van der Waals surface area contributed by atoms with Crippen LogP contribution in [0.2, 0.25) is 0 Å². The van der Waals surface area contributed by atoms with Crippen LogP contribution in [0.5, 0.6) is 0 Å². The lowest BCUT2D eigenvalue weighted by molar-refractivity contribution is -0.137. The highest BCUT2D eigenvalue weighted by Gasteiger charge is 2.33. The van der Waals surface area contributed by atoms with Crippen molar-refractivity contribution in [3.05, 3.63) is 237 Å². The fourth-order valence-corrected chi connectivity index (χ4v) is 12.1. The summed E-state index contributed by atoms with van der Waals surface area (Å²) in [7, 11) is 0. The van der Waals surface area contributed by atoms with E-state index in [1.165, 1.54) is 6.07 Å². The first-order chi connectivity index (χ1) is 37.5. The number of rotatable bonds is 7. The van der Waals surface area contributed by atoms with Crippen molar-refractivity contribution in [2.24, 2.45) is 0 Å². The molecule has 378 valence electrons. The highest BCUT2D eigenvalue weighted by atomic mass is 19.4. The second-order valence-electron chi connectivity index (χ2n) is 21.2. The van der Waals surface area contributed by atoms with Crippen molar-refractivity contribution in [2.75, 3.05) is 0 Å². The summed E-state index contributed by atoms with van der Waals surface area (Å²) >= 11 is 0. The number of alkyl halides is 3. The summed E-state index contributed by atoms with van der Waals surface area (Å²) in [5.74, 6) is 0. The lowest BCUT2D eigenvalue weighted by atomic mass is 9.93. The first-order valence-corrected chi connectivity index (χ1v) is 26.2. The Bertz CT molecular complexity index is 4140. The quantitative estimate of drug-likeness (QED) is 0.160. The molecule has 0 radical (unpaired) electrons. The van der Waals surface area contributed by atoms with Gasteiger partial charge in [-0.3, -0.25) is 0 Å². The number of aromatic nitrogens is 2. The fourth-order valence-electron chi connectivity index (χ4n) is 12.1. The van der Waals surface area contributed by atoms with Gasteiger partial charge in [-0.15, -0.1) is 0 Å². The molecule has 0 spiro atoms. The molecule has 0 aliphatic heterocycles. The molecule has 0 bridgehead atoms. The van der Waals surface area contributed by atoms with E-state index in [9.17, 15) is 23.7 Å². The Hall–Kier alpha value is -9.43. The minimum atomic E-state index is -4.72. The first kappa shape index (κ1) is 49.4. The molecule has 2 heterocycles. The maximum absolute atomic E-state index is 14.8. The number of fused-ring (bicyclic) bond motifs is 6. The molecule has 0 saturated carbocycles. The van der Waals surface area contributed by atoms with Gasteiger partial charge in [0.2, 0.25) is 0 Å². The molecule has 0 aliphatic rings. The smallest absolute Gasteiger partial charge is 0.308 e. The molecular formula is C71H53F3N4. The summed E-state index contributed by atoms with van der Waals surface area (Å²) in [5.41, 5.74) is 21.5. The van der Waals surface area contributed by atoms with Crippen molar-refractivity contribution in [3.8, 4) is 79.1 Å². The minimum absolute atomic E-state index is 0.155. The lowest BCUT2D eigenvalue weighted by Gasteiger charge is -2.22. The molecule has 78 heavy (non-hydrogen) atoms. The van der Waals surface area contributed by atoms with Crippen molar-refractivity contribution in [1.82, 2.24) is 9.13 Å². The second-order valence-corrected chi connectivity index (χ2v) is 21.2. The SMILES string of the molecule is Cc1ccc(-c2ccc3c4ccc(-c5ccc(C)cc5C)cc4n(-c4cc(C#N)cc(-n5c6cc(-c7ccc(C)cc7C)ccc6c6ccc(-c7ccc(C)cc7C)cc65)c4-c4ccc(C(F)(F)F)cc4C#N)c3c2)c(C)c1. The molecule has 0 aliphatic carbocycles. The normalized spacial score (nSPS) is 11.8. The van der Waals surface area contributed by atoms with Gasteiger partial charge in [-0.1, -0.05) is 150 Å². The van der Waals surface area contributed by atoms with E-state index in [1.54, 1.807) is 0 Å². The monoisotopic (exact) mass is 1020 g/mol. The predicted molar refractivity (Wildman–Crippen MR) is 315 cm³/mol. The van der Waals surface area contributed by atoms with Crippen molar-refractivity contribution in [3.63, 3.8) is 0 Å². The van der Waals surface area contributed by atoms with Crippen LogP contribution >= 0.6 is 0 Å². The molecule has 0 unspecified atom stereocenters. The zero-order valence-electron chi connectivity index (χ0n) is 44.7. The largest absolute Gasteiger partial charge is 0.416 e. The third-order valence-electron chi connectivity index (χ3n) is 15.8. The third kappa shape index (κ3) is 8.31. The average molecular weight is 1020 g/mol. The lowest BCUT2D eigenvalue weighted by Crippen LogP contribution is -2.08. The third-order valence-corrected chi connectivity index (χ3v) is 15.8. The van der Waals surface area contributed by atoms with Gasteiger partial charge in [0.05, 0.1) is 62.3 Å².